The average Bonchev–Trinajstić information content (AvgIpc) is 3.62. The van der Waals surface area contributed by atoms with E-state index in [1.807, 2.05) is 11.0 Å². The quantitative estimate of drug-likeness (QED) is 0.198. The van der Waals surface area contributed by atoms with Crippen molar-refractivity contribution in [3.63, 3.8) is 0 Å². The molecule has 0 saturated carbocycles. The first-order valence-electron chi connectivity index (χ1n) is 15.9. The summed E-state index contributed by atoms with van der Waals surface area (Å²) in [6.07, 6.45) is 4.61. The van der Waals surface area contributed by atoms with Crippen molar-refractivity contribution in [1.82, 2.24) is 19.8 Å². The summed E-state index contributed by atoms with van der Waals surface area (Å²) in [4.78, 5) is 14.1. The third-order valence-corrected chi connectivity index (χ3v) is 11.3. The van der Waals surface area contributed by atoms with Crippen LogP contribution in [0.15, 0.2) is 96.0 Å². The maximum Gasteiger partial charge on any atom is 0.0815 e. The second kappa shape index (κ2) is 13.3. The van der Waals surface area contributed by atoms with E-state index < -0.39 is 0 Å². The Morgan fingerprint density at radius 1 is 0.523 bits per heavy atom. The normalized spacial score (nSPS) is 17.1. The first kappa shape index (κ1) is 29.3. The zero-order valence-electron chi connectivity index (χ0n) is 25.7. The van der Waals surface area contributed by atoms with Gasteiger partial charge < -0.3 is 0 Å². The number of nitrogens with zero attached hydrogens (tertiary/aromatic N) is 4. The second-order valence-electron chi connectivity index (χ2n) is 12.1. The molecule has 0 saturated heterocycles. The molecule has 0 amide bonds. The molecule has 44 heavy (non-hydrogen) atoms. The molecule has 6 aromatic rings. The molecule has 0 spiro atoms. The minimum atomic E-state index is 0.445. The van der Waals surface area contributed by atoms with Crippen LogP contribution in [-0.4, -0.2) is 45.9 Å². The average molecular weight is 617 g/mol. The number of aromatic nitrogens is 2. The summed E-state index contributed by atoms with van der Waals surface area (Å²) in [6, 6.07) is 32.1. The van der Waals surface area contributed by atoms with Gasteiger partial charge in [0, 0.05) is 38.3 Å². The summed E-state index contributed by atoms with van der Waals surface area (Å²) in [5, 5.41) is 0. The first-order valence-corrected chi connectivity index (χ1v) is 17.7. The predicted octanol–water partition coefficient (Wildman–Crippen LogP) is 8.92. The smallest absolute Gasteiger partial charge is 0.0815 e. The van der Waals surface area contributed by atoms with Gasteiger partial charge >= 0.3 is 0 Å². The highest BCUT2D eigenvalue weighted by Gasteiger charge is 2.21. The van der Waals surface area contributed by atoms with Crippen molar-refractivity contribution < 1.29 is 0 Å². The Labute approximate surface area is 269 Å². The molecule has 4 heterocycles. The number of fused-ring (bicyclic) bond motifs is 4. The van der Waals surface area contributed by atoms with Crippen LogP contribution in [0.2, 0.25) is 0 Å². The van der Waals surface area contributed by atoms with Crippen LogP contribution in [0.4, 0.5) is 0 Å². The van der Waals surface area contributed by atoms with Gasteiger partial charge in [0.25, 0.3) is 0 Å². The molecule has 2 aromatic heterocycles. The lowest BCUT2D eigenvalue weighted by Gasteiger charge is -2.28. The predicted molar refractivity (Wildman–Crippen MR) is 187 cm³/mol. The Morgan fingerprint density at radius 3 is 1.25 bits per heavy atom. The molecule has 0 fully saturated rings. The van der Waals surface area contributed by atoms with E-state index in [4.69, 9.17) is 0 Å². The van der Waals surface area contributed by atoms with E-state index in [-0.39, 0.29) is 0 Å². The van der Waals surface area contributed by atoms with Crippen LogP contribution in [0.5, 0.6) is 0 Å². The highest BCUT2D eigenvalue weighted by Crippen LogP contribution is 2.29. The summed E-state index contributed by atoms with van der Waals surface area (Å²) in [6.45, 7) is 9.17. The Bertz CT molecular complexity index is 1670. The fourth-order valence-electron chi connectivity index (χ4n) is 6.84. The maximum absolute atomic E-state index is 4.46. The van der Waals surface area contributed by atoms with E-state index in [2.05, 4.69) is 119 Å². The van der Waals surface area contributed by atoms with E-state index in [1.54, 1.807) is 22.7 Å². The highest BCUT2D eigenvalue weighted by atomic mass is 32.1. The lowest BCUT2D eigenvalue weighted by molar-refractivity contribution is 0.221. The molecule has 2 aliphatic rings. The lowest BCUT2D eigenvalue weighted by atomic mass is 10.0. The molecule has 4 nitrogen and oxygen atoms in total. The molecular weight excluding hydrogens is 577 g/mol. The van der Waals surface area contributed by atoms with E-state index in [0.717, 1.165) is 62.9 Å². The Morgan fingerprint density at radius 2 is 0.886 bits per heavy atom. The molecule has 2 atom stereocenters. The van der Waals surface area contributed by atoms with Crippen molar-refractivity contribution in [2.24, 2.45) is 0 Å². The summed E-state index contributed by atoms with van der Waals surface area (Å²) in [7, 11) is 0. The van der Waals surface area contributed by atoms with Crippen molar-refractivity contribution in [2.75, 3.05) is 26.2 Å². The fourth-order valence-corrected chi connectivity index (χ4v) is 8.15. The van der Waals surface area contributed by atoms with Crippen molar-refractivity contribution in [3.8, 4) is 0 Å². The zero-order chi connectivity index (χ0) is 29.9. The number of hydrogen-bond donors (Lipinski definition) is 0. The molecule has 2 aliphatic heterocycles. The summed E-state index contributed by atoms with van der Waals surface area (Å²) < 4.78 is 2.55. The minimum absolute atomic E-state index is 0.445. The monoisotopic (exact) mass is 616 g/mol. The number of hydrogen-bond acceptors (Lipinski definition) is 6. The number of thiazole rings is 2. The minimum Gasteiger partial charge on any atom is -0.296 e. The van der Waals surface area contributed by atoms with Crippen molar-refractivity contribution in [1.29, 1.82) is 0 Å². The molecule has 6 heteroatoms. The van der Waals surface area contributed by atoms with Crippen LogP contribution in [0.3, 0.4) is 0 Å². The van der Waals surface area contributed by atoms with Gasteiger partial charge in [0.2, 0.25) is 0 Å². The van der Waals surface area contributed by atoms with Gasteiger partial charge in [-0.3, -0.25) is 9.80 Å². The van der Waals surface area contributed by atoms with Crippen molar-refractivity contribution in [3.05, 3.63) is 129 Å². The summed E-state index contributed by atoms with van der Waals surface area (Å²) >= 11 is 3.43. The van der Waals surface area contributed by atoms with Crippen LogP contribution in [0.1, 0.15) is 59.3 Å². The van der Waals surface area contributed by atoms with Gasteiger partial charge in [-0.25, -0.2) is 9.97 Å². The molecule has 224 valence electrons. The van der Waals surface area contributed by atoms with E-state index in [0.29, 0.717) is 12.1 Å². The molecule has 0 unspecified atom stereocenters. The topological polar surface area (TPSA) is 32.3 Å². The molecule has 4 aromatic carbocycles. The van der Waals surface area contributed by atoms with Crippen LogP contribution in [0.25, 0.3) is 20.4 Å². The van der Waals surface area contributed by atoms with Gasteiger partial charge in [0.05, 0.1) is 31.5 Å². The van der Waals surface area contributed by atoms with Gasteiger partial charge in [-0.2, -0.15) is 0 Å². The van der Waals surface area contributed by atoms with Crippen LogP contribution in [0, 0.1) is 0 Å². The molecular formula is C38H40N4S2. The number of benzene rings is 4. The lowest BCUT2D eigenvalue weighted by Crippen LogP contribution is -2.29. The summed E-state index contributed by atoms with van der Waals surface area (Å²) in [5.41, 5.74) is 15.0. The highest BCUT2D eigenvalue weighted by molar-refractivity contribution is 7.17. The van der Waals surface area contributed by atoms with Gasteiger partial charge in [0.1, 0.15) is 0 Å². The molecule has 8 rings (SSSR count). The zero-order valence-corrected chi connectivity index (χ0v) is 27.3. The third-order valence-electron chi connectivity index (χ3n) is 9.68. The van der Waals surface area contributed by atoms with E-state index in [1.165, 1.54) is 42.8 Å². The first-order chi connectivity index (χ1) is 21.6. The van der Waals surface area contributed by atoms with Crippen molar-refractivity contribution >= 4 is 43.1 Å². The molecule has 0 aliphatic carbocycles. The molecule has 0 bridgehead atoms. The second-order valence-corrected chi connectivity index (χ2v) is 13.9. The standard InChI is InChI=1S/2C19H20N2S/c2*1-14(17-6-7-19-18(12-17)20-13-22-19)21-10-8-15-4-2-3-5-16(15)9-11-21/h2*2-7,12-14H,8-11H2,1H3/t2*14-/m10/s1. The van der Waals surface area contributed by atoms with Crippen molar-refractivity contribution in [2.45, 2.75) is 51.6 Å². The third kappa shape index (κ3) is 6.36. The van der Waals surface area contributed by atoms with E-state index >= 15 is 0 Å². The fraction of sp³-hybridized carbons (Fsp3) is 0.316. The molecule has 0 N–H and O–H groups in total. The van der Waals surface area contributed by atoms with Gasteiger partial charge in [-0.05, 0) is 97.2 Å². The van der Waals surface area contributed by atoms with Crippen LogP contribution in [-0.2, 0) is 25.7 Å². The van der Waals surface area contributed by atoms with Gasteiger partial charge in [0.15, 0.2) is 0 Å². The van der Waals surface area contributed by atoms with Crippen LogP contribution >= 0.6 is 22.7 Å². The maximum atomic E-state index is 4.46. The van der Waals surface area contributed by atoms with Gasteiger partial charge in [-0.1, -0.05) is 60.7 Å². The number of rotatable bonds is 4. The van der Waals surface area contributed by atoms with Gasteiger partial charge in [-0.15, -0.1) is 22.7 Å². The Kier molecular flexibility index (Phi) is 8.85. The summed E-state index contributed by atoms with van der Waals surface area (Å²) in [5.74, 6) is 0. The van der Waals surface area contributed by atoms with E-state index in [9.17, 15) is 0 Å². The largest absolute Gasteiger partial charge is 0.296 e. The van der Waals surface area contributed by atoms with Crippen LogP contribution < -0.4 is 0 Å². The SMILES string of the molecule is C[C@@H](c1ccc2scnc2c1)N1CCc2ccccc2CC1.C[C@H](c1ccc2scnc2c1)N1CCc2ccccc2CC1. The Balaban J connectivity index is 0.000000142. The molecule has 0 radical (unpaired) electrons. The Hall–Kier alpha value is -3.42.